The highest BCUT2D eigenvalue weighted by Gasteiger charge is 2.11. The SMILES string of the molecule is O=C(CCCBr)On1c(O)ccc1O. The summed E-state index contributed by atoms with van der Waals surface area (Å²) in [6.45, 7) is 0. The molecule has 0 aromatic carbocycles. The molecule has 1 rings (SSSR count). The summed E-state index contributed by atoms with van der Waals surface area (Å²) in [5.41, 5.74) is 0. The van der Waals surface area contributed by atoms with Crippen molar-refractivity contribution in [3.63, 3.8) is 0 Å². The second-order valence-corrected chi connectivity index (χ2v) is 3.39. The first-order valence-corrected chi connectivity index (χ1v) is 5.14. The Kier molecular flexibility index (Phi) is 3.82. The molecule has 0 unspecified atom stereocenters. The molecule has 0 aliphatic rings. The van der Waals surface area contributed by atoms with E-state index in [9.17, 15) is 4.79 Å². The molecule has 0 amide bonds. The van der Waals surface area contributed by atoms with Gasteiger partial charge in [-0.1, -0.05) is 15.9 Å². The van der Waals surface area contributed by atoms with Crippen molar-refractivity contribution >= 4 is 21.9 Å². The molecule has 0 spiro atoms. The van der Waals surface area contributed by atoms with E-state index in [1.54, 1.807) is 0 Å². The fourth-order valence-corrected chi connectivity index (χ4v) is 1.13. The molecule has 78 valence electrons. The Hall–Kier alpha value is -1.17. The van der Waals surface area contributed by atoms with Crippen LogP contribution in [0.5, 0.6) is 11.8 Å². The van der Waals surface area contributed by atoms with E-state index in [0.29, 0.717) is 16.5 Å². The van der Waals surface area contributed by atoms with Crippen LogP contribution in [-0.4, -0.2) is 26.2 Å². The number of hydrogen-bond acceptors (Lipinski definition) is 4. The topological polar surface area (TPSA) is 71.7 Å². The van der Waals surface area contributed by atoms with Crippen LogP contribution in [-0.2, 0) is 4.79 Å². The smallest absolute Gasteiger partial charge is 0.333 e. The highest BCUT2D eigenvalue weighted by Crippen LogP contribution is 2.18. The van der Waals surface area contributed by atoms with Gasteiger partial charge in [-0.05, 0) is 6.42 Å². The molecule has 1 aromatic heterocycles. The molecule has 14 heavy (non-hydrogen) atoms. The normalized spacial score (nSPS) is 10.1. The number of rotatable bonds is 4. The van der Waals surface area contributed by atoms with E-state index in [2.05, 4.69) is 20.8 Å². The van der Waals surface area contributed by atoms with Crippen LogP contribution in [0.4, 0.5) is 0 Å². The van der Waals surface area contributed by atoms with Gasteiger partial charge >= 0.3 is 5.97 Å². The van der Waals surface area contributed by atoms with Crippen LogP contribution in [0, 0.1) is 0 Å². The van der Waals surface area contributed by atoms with Gasteiger partial charge in [0.15, 0.2) is 0 Å². The molecule has 1 heterocycles. The van der Waals surface area contributed by atoms with Gasteiger partial charge in [-0.2, -0.15) is 0 Å². The summed E-state index contributed by atoms with van der Waals surface area (Å²) in [7, 11) is 0. The largest absolute Gasteiger partial charge is 0.492 e. The van der Waals surface area contributed by atoms with Gasteiger partial charge in [0.25, 0.3) is 0 Å². The summed E-state index contributed by atoms with van der Waals surface area (Å²) >= 11 is 3.17. The first kappa shape index (κ1) is 10.9. The number of nitrogens with zero attached hydrogens (tertiary/aromatic N) is 1. The Balaban J connectivity index is 2.55. The first-order valence-electron chi connectivity index (χ1n) is 4.02. The Morgan fingerprint density at radius 1 is 1.43 bits per heavy atom. The minimum atomic E-state index is -0.508. The number of carbonyl (C=O) groups is 1. The lowest BCUT2D eigenvalue weighted by Crippen LogP contribution is -2.18. The molecule has 0 bridgehead atoms. The average Bonchev–Trinajstić information content (AvgIpc) is 2.46. The minimum absolute atomic E-state index is 0.225. The Labute approximate surface area is 89.0 Å². The average molecular weight is 264 g/mol. The summed E-state index contributed by atoms with van der Waals surface area (Å²) in [6, 6.07) is 2.46. The Bertz CT molecular complexity index is 304. The van der Waals surface area contributed by atoms with Gasteiger partial charge in [-0.15, -0.1) is 4.73 Å². The highest BCUT2D eigenvalue weighted by molar-refractivity contribution is 9.09. The molecule has 0 saturated carbocycles. The maximum absolute atomic E-state index is 11.1. The van der Waals surface area contributed by atoms with E-state index in [4.69, 9.17) is 10.2 Å². The summed E-state index contributed by atoms with van der Waals surface area (Å²) in [4.78, 5) is 15.8. The lowest BCUT2D eigenvalue weighted by atomic mass is 10.3. The lowest BCUT2D eigenvalue weighted by Gasteiger charge is -2.05. The summed E-state index contributed by atoms with van der Waals surface area (Å²) < 4.78 is 0.677. The van der Waals surface area contributed by atoms with E-state index in [1.807, 2.05) is 0 Å². The van der Waals surface area contributed by atoms with Gasteiger partial charge in [0.2, 0.25) is 11.8 Å². The number of hydrogen-bond donors (Lipinski definition) is 2. The molecular weight excluding hydrogens is 254 g/mol. The van der Waals surface area contributed by atoms with Gasteiger partial charge in [0, 0.05) is 23.9 Å². The van der Waals surface area contributed by atoms with Crippen molar-refractivity contribution in [3.05, 3.63) is 12.1 Å². The second-order valence-electron chi connectivity index (χ2n) is 2.60. The summed E-state index contributed by atoms with van der Waals surface area (Å²) in [6.07, 6.45) is 0.865. The monoisotopic (exact) mass is 263 g/mol. The summed E-state index contributed by atoms with van der Waals surface area (Å²) in [5, 5.41) is 18.9. The van der Waals surface area contributed by atoms with Crippen molar-refractivity contribution in [2.45, 2.75) is 12.8 Å². The molecule has 0 aliphatic carbocycles. The van der Waals surface area contributed by atoms with E-state index in [0.717, 1.165) is 0 Å². The predicted molar refractivity (Wildman–Crippen MR) is 52.4 cm³/mol. The maximum atomic E-state index is 11.1. The van der Waals surface area contributed by atoms with Gasteiger partial charge < -0.3 is 15.1 Å². The number of alkyl halides is 1. The first-order chi connectivity index (χ1) is 6.65. The molecule has 0 atom stereocenters. The molecule has 5 nitrogen and oxygen atoms in total. The number of aromatic nitrogens is 1. The van der Waals surface area contributed by atoms with Gasteiger partial charge in [-0.25, -0.2) is 4.79 Å². The quantitative estimate of drug-likeness (QED) is 0.797. The molecule has 0 aliphatic heterocycles. The van der Waals surface area contributed by atoms with Crippen LogP contribution in [0.3, 0.4) is 0 Å². The number of carbonyl (C=O) groups excluding carboxylic acids is 1. The molecule has 2 N–H and O–H groups in total. The van der Waals surface area contributed by atoms with Crippen molar-refractivity contribution in [2.24, 2.45) is 0 Å². The van der Waals surface area contributed by atoms with Crippen molar-refractivity contribution in [2.75, 3.05) is 5.33 Å². The third-order valence-electron chi connectivity index (χ3n) is 1.51. The minimum Gasteiger partial charge on any atom is -0.492 e. The van der Waals surface area contributed by atoms with Gasteiger partial charge in [0.1, 0.15) is 0 Å². The van der Waals surface area contributed by atoms with Crippen LogP contribution in [0.1, 0.15) is 12.8 Å². The third kappa shape index (κ3) is 2.66. The van der Waals surface area contributed by atoms with Crippen LogP contribution in [0.15, 0.2) is 12.1 Å². The Morgan fingerprint density at radius 2 is 2.00 bits per heavy atom. The fraction of sp³-hybridized carbons (Fsp3) is 0.375. The predicted octanol–water partition coefficient (Wildman–Crippen LogP) is 1.03. The molecule has 6 heteroatoms. The number of aromatic hydroxyl groups is 2. The van der Waals surface area contributed by atoms with E-state index in [1.165, 1.54) is 12.1 Å². The Morgan fingerprint density at radius 3 is 2.50 bits per heavy atom. The van der Waals surface area contributed by atoms with Crippen LogP contribution in [0.2, 0.25) is 0 Å². The van der Waals surface area contributed by atoms with Crippen LogP contribution >= 0.6 is 15.9 Å². The zero-order valence-corrected chi connectivity index (χ0v) is 8.90. The molecule has 0 radical (unpaired) electrons. The second kappa shape index (κ2) is 4.90. The fourth-order valence-electron chi connectivity index (χ4n) is 0.854. The third-order valence-corrected chi connectivity index (χ3v) is 2.07. The van der Waals surface area contributed by atoms with Crippen LogP contribution < -0.4 is 4.84 Å². The molecule has 1 aromatic rings. The van der Waals surface area contributed by atoms with Gasteiger partial charge in [-0.3, -0.25) is 0 Å². The van der Waals surface area contributed by atoms with Crippen molar-refractivity contribution < 1.29 is 19.8 Å². The lowest BCUT2D eigenvalue weighted by molar-refractivity contribution is -0.145. The zero-order valence-electron chi connectivity index (χ0n) is 7.31. The highest BCUT2D eigenvalue weighted by atomic mass is 79.9. The molecular formula is C8H10BrNO4. The standard InChI is InChI=1S/C8H10BrNO4/c9-5-1-2-8(13)14-10-6(11)3-4-7(10)12/h3-4,11-12H,1-2,5H2. The van der Waals surface area contributed by atoms with Crippen molar-refractivity contribution in [1.29, 1.82) is 0 Å². The van der Waals surface area contributed by atoms with E-state index in [-0.39, 0.29) is 18.2 Å². The summed E-state index contributed by atoms with van der Waals surface area (Å²) in [5.74, 6) is -1.13. The van der Waals surface area contributed by atoms with E-state index < -0.39 is 5.97 Å². The van der Waals surface area contributed by atoms with Crippen molar-refractivity contribution in [3.8, 4) is 11.8 Å². The zero-order chi connectivity index (χ0) is 10.6. The van der Waals surface area contributed by atoms with Crippen LogP contribution in [0.25, 0.3) is 0 Å². The number of halogens is 1. The van der Waals surface area contributed by atoms with Gasteiger partial charge in [0.05, 0.1) is 0 Å². The maximum Gasteiger partial charge on any atom is 0.333 e. The van der Waals surface area contributed by atoms with E-state index >= 15 is 0 Å². The molecule has 0 fully saturated rings. The molecule has 0 saturated heterocycles. The van der Waals surface area contributed by atoms with Crippen molar-refractivity contribution in [1.82, 2.24) is 4.73 Å².